The monoisotopic (exact) mass is 427 g/mol. The van der Waals surface area contributed by atoms with Crippen molar-refractivity contribution in [1.82, 2.24) is 9.13 Å². The molecule has 1 aromatic heterocycles. The third-order valence-corrected chi connectivity index (χ3v) is 5.56. The van der Waals surface area contributed by atoms with Gasteiger partial charge in [-0.05, 0) is 47.5 Å². The zero-order valence-electron chi connectivity index (χ0n) is 15.7. The van der Waals surface area contributed by atoms with Crippen LogP contribution in [0.25, 0.3) is 11.0 Å². The lowest BCUT2D eigenvalue weighted by Gasteiger charge is -2.07. The molecule has 0 aliphatic heterocycles. The zero-order valence-corrected chi connectivity index (χ0v) is 17.2. The third-order valence-electron chi connectivity index (χ3n) is 4.84. The van der Waals surface area contributed by atoms with E-state index in [1.54, 1.807) is 24.3 Å². The molecule has 3 aromatic carbocycles. The fourth-order valence-corrected chi connectivity index (χ4v) is 3.59. The molecule has 0 aliphatic carbocycles. The Morgan fingerprint density at radius 2 is 1.45 bits per heavy atom. The van der Waals surface area contributed by atoms with E-state index >= 15 is 0 Å². The first kappa shape index (κ1) is 19.6. The smallest absolute Gasteiger partial charge is 0.211 e. The Bertz CT molecular complexity index is 1240. The van der Waals surface area contributed by atoms with E-state index in [2.05, 4.69) is 4.57 Å². The minimum absolute atomic E-state index is 0.0111. The fraction of sp³-hybridized carbons (Fsp3) is 0.136. The van der Waals surface area contributed by atoms with E-state index in [4.69, 9.17) is 28.2 Å². The molecule has 0 atom stereocenters. The predicted octanol–water partition coefficient (Wildman–Crippen LogP) is 4.77. The van der Waals surface area contributed by atoms with E-state index in [0.29, 0.717) is 16.6 Å². The number of fused-ring (bicyclic) bond motifs is 1. The standard InChI is InChI=1S/C22H19Cl2N3O2/c1-26-20-10-18(23)19(24)11-21(20)27(12-14-2-4-15(13-28)5-3-14)22(26)25-16-6-8-17(29)9-7-16/h2-11,28-29H,12-13H2,1H3/b25-22-. The number of aromatic nitrogens is 2. The summed E-state index contributed by atoms with van der Waals surface area (Å²) in [5.74, 6) is 0.191. The van der Waals surface area contributed by atoms with Crippen LogP contribution in [-0.4, -0.2) is 19.3 Å². The fourth-order valence-electron chi connectivity index (χ4n) is 3.27. The molecule has 0 spiro atoms. The molecule has 148 valence electrons. The van der Waals surface area contributed by atoms with Crippen LogP contribution in [0.2, 0.25) is 10.0 Å². The van der Waals surface area contributed by atoms with Crippen LogP contribution in [0.3, 0.4) is 0 Å². The van der Waals surface area contributed by atoms with Crippen molar-refractivity contribution >= 4 is 39.9 Å². The van der Waals surface area contributed by atoms with Gasteiger partial charge in [0, 0.05) is 7.05 Å². The van der Waals surface area contributed by atoms with Crippen LogP contribution in [0.4, 0.5) is 5.69 Å². The average Bonchev–Trinajstić information content (AvgIpc) is 2.96. The summed E-state index contributed by atoms with van der Waals surface area (Å²) in [6.45, 7) is 0.579. The molecule has 7 heteroatoms. The predicted molar refractivity (Wildman–Crippen MR) is 116 cm³/mol. The second-order valence-corrected chi connectivity index (χ2v) is 7.62. The van der Waals surface area contributed by atoms with Gasteiger partial charge in [-0.3, -0.25) is 0 Å². The first-order chi connectivity index (χ1) is 14.0. The second-order valence-electron chi connectivity index (χ2n) is 6.80. The second kappa shape index (κ2) is 7.95. The van der Waals surface area contributed by atoms with Crippen LogP contribution >= 0.6 is 23.2 Å². The number of phenolic OH excluding ortho intramolecular Hbond substituents is 1. The summed E-state index contributed by atoms with van der Waals surface area (Å²) in [6, 6.07) is 18.2. The first-order valence-electron chi connectivity index (χ1n) is 9.03. The Hall–Kier alpha value is -2.73. The van der Waals surface area contributed by atoms with Gasteiger partial charge in [-0.1, -0.05) is 47.5 Å². The molecule has 5 nitrogen and oxygen atoms in total. The average molecular weight is 428 g/mol. The number of benzene rings is 3. The molecule has 0 saturated carbocycles. The molecule has 2 N–H and O–H groups in total. The molecule has 1 heterocycles. The van der Waals surface area contributed by atoms with Crippen LogP contribution < -0.4 is 5.62 Å². The van der Waals surface area contributed by atoms with Crippen molar-refractivity contribution in [3.63, 3.8) is 0 Å². The minimum Gasteiger partial charge on any atom is -0.508 e. The number of hydrogen-bond donors (Lipinski definition) is 2. The highest BCUT2D eigenvalue weighted by Gasteiger charge is 2.13. The van der Waals surface area contributed by atoms with E-state index in [-0.39, 0.29) is 12.4 Å². The molecule has 29 heavy (non-hydrogen) atoms. The number of aliphatic hydroxyl groups is 1. The summed E-state index contributed by atoms with van der Waals surface area (Å²) in [4.78, 5) is 4.80. The van der Waals surface area contributed by atoms with Gasteiger partial charge in [0.15, 0.2) is 0 Å². The SMILES string of the molecule is Cn1/c(=N/c2ccc(O)cc2)n(Cc2ccc(CO)cc2)c2cc(Cl)c(Cl)cc21. The van der Waals surface area contributed by atoms with Gasteiger partial charge in [-0.15, -0.1) is 0 Å². The molecule has 0 fully saturated rings. The minimum atomic E-state index is 0.0111. The lowest BCUT2D eigenvalue weighted by Crippen LogP contribution is -2.24. The van der Waals surface area contributed by atoms with E-state index < -0.39 is 0 Å². The van der Waals surface area contributed by atoms with Crippen molar-refractivity contribution in [2.45, 2.75) is 13.2 Å². The summed E-state index contributed by atoms with van der Waals surface area (Å²) < 4.78 is 4.03. The number of aryl methyl sites for hydroxylation is 1. The highest BCUT2D eigenvalue weighted by Crippen LogP contribution is 2.28. The zero-order chi connectivity index (χ0) is 20.5. The van der Waals surface area contributed by atoms with Crippen LogP contribution in [0, 0.1) is 0 Å². The van der Waals surface area contributed by atoms with Gasteiger partial charge in [-0.25, -0.2) is 4.99 Å². The molecule has 0 unspecified atom stereocenters. The Balaban J connectivity index is 1.93. The lowest BCUT2D eigenvalue weighted by molar-refractivity contribution is 0.282. The van der Waals surface area contributed by atoms with Crippen molar-refractivity contribution in [2.24, 2.45) is 12.0 Å². The number of nitrogens with zero attached hydrogens (tertiary/aromatic N) is 3. The normalized spacial score (nSPS) is 12.1. The van der Waals surface area contributed by atoms with Gasteiger partial charge in [-0.2, -0.15) is 0 Å². The van der Waals surface area contributed by atoms with Crippen molar-refractivity contribution < 1.29 is 10.2 Å². The number of aromatic hydroxyl groups is 1. The van der Waals surface area contributed by atoms with Gasteiger partial charge in [0.05, 0.1) is 39.9 Å². The summed E-state index contributed by atoms with van der Waals surface area (Å²) in [7, 11) is 1.93. The molecule has 0 saturated heterocycles. The molecule has 4 aromatic rings. The van der Waals surface area contributed by atoms with Crippen LogP contribution in [0.15, 0.2) is 65.7 Å². The van der Waals surface area contributed by atoms with E-state index in [9.17, 15) is 10.2 Å². The van der Waals surface area contributed by atoms with Gasteiger partial charge >= 0.3 is 0 Å². The Morgan fingerprint density at radius 1 is 0.862 bits per heavy atom. The molecule has 0 radical (unpaired) electrons. The van der Waals surface area contributed by atoms with E-state index in [0.717, 1.165) is 33.5 Å². The first-order valence-corrected chi connectivity index (χ1v) is 9.78. The maximum atomic E-state index is 9.55. The number of imidazole rings is 1. The number of aliphatic hydroxyl groups excluding tert-OH is 1. The molecule has 0 aliphatic rings. The lowest BCUT2D eigenvalue weighted by atomic mass is 10.1. The summed E-state index contributed by atoms with van der Waals surface area (Å²) in [6.07, 6.45) is 0. The third kappa shape index (κ3) is 3.90. The largest absolute Gasteiger partial charge is 0.508 e. The topological polar surface area (TPSA) is 62.7 Å². The highest BCUT2D eigenvalue weighted by molar-refractivity contribution is 6.42. The van der Waals surface area contributed by atoms with Crippen molar-refractivity contribution in [3.05, 3.63) is 87.5 Å². The summed E-state index contributed by atoms with van der Waals surface area (Å²) >= 11 is 12.6. The Labute approximate surface area is 177 Å². The van der Waals surface area contributed by atoms with Gasteiger partial charge in [0.1, 0.15) is 5.75 Å². The number of hydrogen-bond acceptors (Lipinski definition) is 3. The Kier molecular flexibility index (Phi) is 5.37. The van der Waals surface area contributed by atoms with Crippen molar-refractivity contribution in [2.75, 3.05) is 0 Å². The van der Waals surface area contributed by atoms with Crippen LogP contribution in [-0.2, 0) is 20.2 Å². The van der Waals surface area contributed by atoms with Crippen LogP contribution in [0.5, 0.6) is 5.75 Å². The molecule has 0 bridgehead atoms. The maximum Gasteiger partial charge on any atom is 0.211 e. The van der Waals surface area contributed by atoms with Crippen molar-refractivity contribution in [1.29, 1.82) is 0 Å². The summed E-state index contributed by atoms with van der Waals surface area (Å²) in [5.41, 5.74) is 5.17. The maximum absolute atomic E-state index is 9.55. The molecular weight excluding hydrogens is 409 g/mol. The number of halogens is 2. The molecule has 0 amide bonds. The highest BCUT2D eigenvalue weighted by atomic mass is 35.5. The van der Waals surface area contributed by atoms with Gasteiger partial charge in [0.2, 0.25) is 5.62 Å². The molecule has 4 rings (SSSR count). The number of rotatable bonds is 4. The Morgan fingerprint density at radius 3 is 2.07 bits per heavy atom. The van der Waals surface area contributed by atoms with Crippen molar-refractivity contribution in [3.8, 4) is 5.75 Å². The van der Waals surface area contributed by atoms with E-state index in [1.165, 1.54) is 0 Å². The molecular formula is C22H19Cl2N3O2. The number of phenols is 1. The van der Waals surface area contributed by atoms with Gasteiger partial charge < -0.3 is 19.3 Å². The van der Waals surface area contributed by atoms with E-state index in [1.807, 2.05) is 48.0 Å². The summed E-state index contributed by atoms with van der Waals surface area (Å²) in [5, 5.41) is 19.8. The van der Waals surface area contributed by atoms with Crippen LogP contribution in [0.1, 0.15) is 11.1 Å². The van der Waals surface area contributed by atoms with Gasteiger partial charge in [0.25, 0.3) is 0 Å². The quantitative estimate of drug-likeness (QED) is 0.492.